The van der Waals surface area contributed by atoms with Crippen molar-refractivity contribution in [1.29, 1.82) is 0 Å². The lowest BCUT2D eigenvalue weighted by Gasteiger charge is -2.46. The molecule has 1 aliphatic carbocycles. The standard InChI is InChI=1S/C24H27F6N3O/c25-23(26,27)18-13-17(15-33-20(18)24(28,29)30)14-31-11-8-21(19-5-1-4-10-32-19)9-12-34-22(16-21)6-2-3-7-22/h1,4-5,10,13,15,31H,2-3,6-9,11-12,14,16H2/t21-/m1/s1. The van der Waals surface area contributed by atoms with Crippen LogP contribution in [0.5, 0.6) is 0 Å². The SMILES string of the molecule is FC(F)(F)c1cc(CNCC[C@@]2(c3ccccn3)CCOC3(CCCC3)C2)cnc1C(F)(F)F. The molecule has 0 bridgehead atoms. The zero-order valence-electron chi connectivity index (χ0n) is 18.6. The third-order valence-electron chi connectivity index (χ3n) is 7.00. The number of nitrogens with one attached hydrogen (secondary N) is 1. The molecule has 4 nitrogen and oxygen atoms in total. The van der Waals surface area contributed by atoms with Crippen LogP contribution in [0.15, 0.2) is 36.7 Å². The van der Waals surface area contributed by atoms with Crippen molar-refractivity contribution in [3.05, 3.63) is 59.2 Å². The number of nitrogens with zero attached hydrogens (tertiary/aromatic N) is 2. The second-order valence-electron chi connectivity index (χ2n) is 9.32. The first-order chi connectivity index (χ1) is 16.0. The summed E-state index contributed by atoms with van der Waals surface area (Å²) in [7, 11) is 0. The maximum Gasteiger partial charge on any atom is 0.433 e. The fourth-order valence-corrected chi connectivity index (χ4v) is 5.40. The number of aromatic nitrogens is 2. The topological polar surface area (TPSA) is 47.0 Å². The first-order valence-electron chi connectivity index (χ1n) is 11.4. The summed E-state index contributed by atoms with van der Waals surface area (Å²) in [6.07, 6.45) is -1.15. The molecular formula is C24H27F6N3O. The Hall–Kier alpha value is -2.20. The Morgan fingerprint density at radius 3 is 2.38 bits per heavy atom. The molecule has 1 saturated carbocycles. The van der Waals surface area contributed by atoms with Crippen LogP contribution in [0.3, 0.4) is 0 Å². The van der Waals surface area contributed by atoms with Crippen molar-refractivity contribution >= 4 is 0 Å². The Morgan fingerprint density at radius 1 is 0.971 bits per heavy atom. The minimum atomic E-state index is -5.18. The highest BCUT2D eigenvalue weighted by Gasteiger charge is 2.48. The third-order valence-corrected chi connectivity index (χ3v) is 7.00. The van der Waals surface area contributed by atoms with Gasteiger partial charge in [-0.2, -0.15) is 26.3 Å². The number of halogens is 6. The van der Waals surface area contributed by atoms with Gasteiger partial charge in [0.2, 0.25) is 0 Å². The van der Waals surface area contributed by atoms with Gasteiger partial charge in [-0.1, -0.05) is 18.9 Å². The van der Waals surface area contributed by atoms with Crippen molar-refractivity contribution in [2.45, 2.75) is 74.9 Å². The molecule has 3 heterocycles. The van der Waals surface area contributed by atoms with E-state index in [-0.39, 0.29) is 23.1 Å². The molecule has 0 aromatic carbocycles. The van der Waals surface area contributed by atoms with Gasteiger partial charge in [-0.15, -0.1) is 0 Å². The summed E-state index contributed by atoms with van der Waals surface area (Å²) in [5, 5.41) is 3.10. The summed E-state index contributed by atoms with van der Waals surface area (Å²) >= 11 is 0. The fraction of sp³-hybridized carbons (Fsp3) is 0.583. The first-order valence-corrected chi connectivity index (χ1v) is 11.4. The highest BCUT2D eigenvalue weighted by Crippen LogP contribution is 2.49. The maximum absolute atomic E-state index is 13.2. The average molecular weight is 487 g/mol. The lowest BCUT2D eigenvalue weighted by Crippen LogP contribution is -2.47. The highest BCUT2D eigenvalue weighted by atomic mass is 19.4. The van der Waals surface area contributed by atoms with E-state index in [0.717, 1.165) is 50.4 Å². The van der Waals surface area contributed by atoms with Crippen LogP contribution in [0, 0.1) is 0 Å². The molecule has 2 aromatic heterocycles. The van der Waals surface area contributed by atoms with E-state index in [1.807, 2.05) is 18.2 Å². The van der Waals surface area contributed by atoms with Crippen molar-refractivity contribution < 1.29 is 31.1 Å². The average Bonchev–Trinajstić information content (AvgIpc) is 3.23. The number of alkyl halides is 6. The van der Waals surface area contributed by atoms with Crippen LogP contribution in [0.1, 0.15) is 67.5 Å². The molecule has 1 N–H and O–H groups in total. The molecule has 4 rings (SSSR count). The molecular weight excluding hydrogens is 460 g/mol. The zero-order valence-corrected chi connectivity index (χ0v) is 18.6. The van der Waals surface area contributed by atoms with Gasteiger partial charge in [0.25, 0.3) is 0 Å². The number of ether oxygens (including phenoxy) is 1. The van der Waals surface area contributed by atoms with Crippen LogP contribution in [0.2, 0.25) is 0 Å². The van der Waals surface area contributed by atoms with E-state index in [1.165, 1.54) is 0 Å². The summed E-state index contributed by atoms with van der Waals surface area (Å²) in [5.41, 5.74) is -3.05. The fourth-order valence-electron chi connectivity index (χ4n) is 5.40. The van der Waals surface area contributed by atoms with Crippen molar-refractivity contribution in [2.75, 3.05) is 13.2 Å². The van der Waals surface area contributed by atoms with Crippen LogP contribution < -0.4 is 5.32 Å². The Kier molecular flexibility index (Phi) is 6.92. The van der Waals surface area contributed by atoms with E-state index < -0.39 is 23.6 Å². The van der Waals surface area contributed by atoms with Gasteiger partial charge >= 0.3 is 12.4 Å². The van der Waals surface area contributed by atoms with E-state index in [0.29, 0.717) is 25.6 Å². The Morgan fingerprint density at radius 2 is 1.74 bits per heavy atom. The minimum absolute atomic E-state index is 0.0197. The molecule has 0 radical (unpaired) electrons. The lowest BCUT2D eigenvalue weighted by atomic mass is 9.68. The Bertz CT molecular complexity index is 973. The van der Waals surface area contributed by atoms with Crippen molar-refractivity contribution in [2.24, 2.45) is 0 Å². The molecule has 0 unspecified atom stereocenters. The van der Waals surface area contributed by atoms with Gasteiger partial charge in [-0.25, -0.2) is 0 Å². The van der Waals surface area contributed by atoms with Gasteiger partial charge in [0, 0.05) is 36.7 Å². The van der Waals surface area contributed by atoms with Crippen LogP contribution in [-0.4, -0.2) is 28.7 Å². The van der Waals surface area contributed by atoms with Crippen LogP contribution in [0.25, 0.3) is 0 Å². The monoisotopic (exact) mass is 487 g/mol. The summed E-state index contributed by atoms with van der Waals surface area (Å²) in [6, 6.07) is 6.33. The molecule has 2 fully saturated rings. The third kappa shape index (κ3) is 5.38. The molecule has 2 aliphatic rings. The van der Waals surface area contributed by atoms with Crippen molar-refractivity contribution in [3.63, 3.8) is 0 Å². The van der Waals surface area contributed by atoms with Gasteiger partial charge in [0.05, 0.1) is 11.2 Å². The highest BCUT2D eigenvalue weighted by molar-refractivity contribution is 5.30. The second-order valence-corrected chi connectivity index (χ2v) is 9.32. The van der Waals surface area contributed by atoms with Gasteiger partial charge in [-0.05, 0) is 62.4 Å². The Labute approximate surface area is 194 Å². The van der Waals surface area contributed by atoms with Crippen LogP contribution >= 0.6 is 0 Å². The van der Waals surface area contributed by atoms with Crippen molar-refractivity contribution in [1.82, 2.24) is 15.3 Å². The molecule has 0 amide bonds. The summed E-state index contributed by atoms with van der Waals surface area (Å²) in [6.45, 7) is 1.07. The predicted molar refractivity (Wildman–Crippen MR) is 113 cm³/mol. The summed E-state index contributed by atoms with van der Waals surface area (Å²) in [4.78, 5) is 7.70. The van der Waals surface area contributed by atoms with Gasteiger partial charge in [0.1, 0.15) is 0 Å². The number of pyridine rings is 2. The largest absolute Gasteiger partial charge is 0.433 e. The van der Waals surface area contributed by atoms with E-state index in [4.69, 9.17) is 4.74 Å². The van der Waals surface area contributed by atoms with Crippen LogP contribution in [0.4, 0.5) is 26.3 Å². The second kappa shape index (κ2) is 9.45. The molecule has 10 heteroatoms. The molecule has 1 aliphatic heterocycles. The summed E-state index contributed by atoms with van der Waals surface area (Å²) in [5.74, 6) is 0. The first kappa shape index (κ1) is 24.9. The van der Waals surface area contributed by atoms with Gasteiger partial charge < -0.3 is 10.1 Å². The Balaban J connectivity index is 1.47. The molecule has 34 heavy (non-hydrogen) atoms. The number of hydrogen-bond acceptors (Lipinski definition) is 4. The zero-order chi connectivity index (χ0) is 24.5. The summed E-state index contributed by atoms with van der Waals surface area (Å²) < 4.78 is 84.7. The van der Waals surface area contributed by atoms with E-state index >= 15 is 0 Å². The van der Waals surface area contributed by atoms with Crippen molar-refractivity contribution in [3.8, 4) is 0 Å². The normalized spacial score (nSPS) is 22.9. The predicted octanol–water partition coefficient (Wildman–Crippen LogP) is 6.06. The van der Waals surface area contributed by atoms with E-state index in [1.54, 1.807) is 6.20 Å². The number of hydrogen-bond donors (Lipinski definition) is 1. The molecule has 2 aromatic rings. The molecule has 186 valence electrons. The number of rotatable bonds is 6. The minimum Gasteiger partial charge on any atom is -0.375 e. The maximum atomic E-state index is 13.2. The van der Waals surface area contributed by atoms with Gasteiger partial charge in [0.15, 0.2) is 5.69 Å². The molecule has 1 saturated heterocycles. The smallest absolute Gasteiger partial charge is 0.375 e. The lowest BCUT2D eigenvalue weighted by molar-refractivity contribution is -0.164. The van der Waals surface area contributed by atoms with Gasteiger partial charge in [-0.3, -0.25) is 9.97 Å². The van der Waals surface area contributed by atoms with E-state index in [9.17, 15) is 26.3 Å². The quantitative estimate of drug-likeness (QED) is 0.398. The molecule has 1 spiro atoms. The van der Waals surface area contributed by atoms with E-state index in [2.05, 4.69) is 15.3 Å². The molecule has 1 atom stereocenters. The van der Waals surface area contributed by atoms with Crippen LogP contribution in [-0.2, 0) is 29.0 Å².